The Morgan fingerprint density at radius 1 is 1.40 bits per heavy atom. The second-order valence-corrected chi connectivity index (χ2v) is 4.04. The van der Waals surface area contributed by atoms with Gasteiger partial charge in [0.25, 0.3) is 0 Å². The molecule has 1 aromatic carbocycles. The molecular weight excluding hydrogens is 208 g/mol. The summed E-state index contributed by atoms with van der Waals surface area (Å²) in [6.07, 6.45) is 3.62. The summed E-state index contributed by atoms with van der Waals surface area (Å²) in [6, 6.07) is 5.74. The van der Waals surface area contributed by atoms with E-state index in [-0.39, 0.29) is 0 Å². The Morgan fingerprint density at radius 3 is 2.73 bits per heavy atom. The summed E-state index contributed by atoms with van der Waals surface area (Å²) in [6.45, 7) is 1.81. The summed E-state index contributed by atoms with van der Waals surface area (Å²) >= 11 is 5.92. The quantitative estimate of drug-likeness (QED) is 0.717. The molecule has 1 rings (SSSR count). The monoisotopic (exact) mass is 222 g/mol. The second kappa shape index (κ2) is 5.66. The Labute approximate surface area is 95.3 Å². The number of halogens is 1. The van der Waals surface area contributed by atoms with E-state index in [0.717, 1.165) is 29.0 Å². The Kier molecular flexibility index (Phi) is 4.50. The highest BCUT2D eigenvalue weighted by Crippen LogP contribution is 2.18. The Bertz CT molecular complexity index is 372. The molecule has 15 heavy (non-hydrogen) atoms. The van der Waals surface area contributed by atoms with Crippen molar-refractivity contribution >= 4 is 23.5 Å². The molecule has 0 atom stereocenters. The molecule has 0 aliphatic heterocycles. The van der Waals surface area contributed by atoms with Crippen LogP contribution in [0, 0.1) is 10.8 Å². The highest BCUT2D eigenvalue weighted by atomic mass is 35.5. The van der Waals surface area contributed by atoms with Crippen molar-refractivity contribution < 1.29 is 0 Å². The third-order valence-corrected chi connectivity index (χ3v) is 2.49. The molecule has 0 aromatic heterocycles. The van der Waals surface area contributed by atoms with E-state index in [1.54, 1.807) is 6.92 Å². The van der Waals surface area contributed by atoms with Crippen LogP contribution in [0.2, 0.25) is 5.02 Å². The molecule has 0 aliphatic rings. The maximum atomic E-state index is 7.39. The van der Waals surface area contributed by atoms with Gasteiger partial charge in [-0.1, -0.05) is 17.7 Å². The average molecular weight is 223 g/mol. The van der Waals surface area contributed by atoms with Gasteiger partial charge in [0.05, 0.1) is 0 Å². The minimum absolute atomic E-state index is 0.642. The molecule has 2 N–H and O–H groups in total. The fourth-order valence-corrected chi connectivity index (χ4v) is 1.65. The standard InChI is InChI=1S/C12H15ClN2/c1-9(15)2-3-11-8-12(13)5-4-10(11)6-7-14/h4-5,7-8,14-15H,2-3,6H2,1H3. The van der Waals surface area contributed by atoms with Gasteiger partial charge in [-0.25, -0.2) is 0 Å². The number of aryl methyl sites for hydroxylation is 1. The molecule has 0 aliphatic carbocycles. The predicted octanol–water partition coefficient (Wildman–Crippen LogP) is 3.50. The summed E-state index contributed by atoms with van der Waals surface area (Å²) < 4.78 is 0. The lowest BCUT2D eigenvalue weighted by Gasteiger charge is -2.07. The molecule has 0 radical (unpaired) electrons. The van der Waals surface area contributed by atoms with Crippen LogP contribution in [0.15, 0.2) is 18.2 Å². The lowest BCUT2D eigenvalue weighted by molar-refractivity contribution is 1.00. The van der Waals surface area contributed by atoms with Crippen LogP contribution < -0.4 is 0 Å². The minimum atomic E-state index is 0.642. The van der Waals surface area contributed by atoms with E-state index in [2.05, 4.69) is 0 Å². The van der Waals surface area contributed by atoms with Crippen LogP contribution in [-0.2, 0) is 12.8 Å². The van der Waals surface area contributed by atoms with E-state index < -0.39 is 0 Å². The summed E-state index contributed by atoms with van der Waals surface area (Å²) in [5.74, 6) is 0. The summed E-state index contributed by atoms with van der Waals surface area (Å²) in [5, 5.41) is 15.2. The van der Waals surface area contributed by atoms with Crippen molar-refractivity contribution in [3.8, 4) is 0 Å². The molecule has 1 aromatic rings. The van der Waals surface area contributed by atoms with Crippen molar-refractivity contribution in [1.29, 1.82) is 10.8 Å². The van der Waals surface area contributed by atoms with E-state index in [1.807, 2.05) is 18.2 Å². The van der Waals surface area contributed by atoms with Crippen LogP contribution in [0.1, 0.15) is 24.5 Å². The van der Waals surface area contributed by atoms with Crippen LogP contribution in [0.4, 0.5) is 0 Å². The SMILES string of the molecule is CC(=N)CCc1cc(Cl)ccc1CC=N. The van der Waals surface area contributed by atoms with Gasteiger partial charge in [-0.15, -0.1) is 0 Å². The summed E-state index contributed by atoms with van der Waals surface area (Å²) in [4.78, 5) is 0. The molecule has 0 amide bonds. The number of rotatable bonds is 5. The van der Waals surface area contributed by atoms with E-state index in [4.69, 9.17) is 22.4 Å². The van der Waals surface area contributed by atoms with Gasteiger partial charge in [0, 0.05) is 17.2 Å². The largest absolute Gasteiger partial charge is 0.313 e. The lowest BCUT2D eigenvalue weighted by Crippen LogP contribution is -1.98. The zero-order chi connectivity index (χ0) is 11.3. The van der Waals surface area contributed by atoms with Crippen LogP contribution in [0.25, 0.3) is 0 Å². The maximum Gasteiger partial charge on any atom is 0.0408 e. The molecule has 0 saturated heterocycles. The first-order valence-electron chi connectivity index (χ1n) is 4.93. The van der Waals surface area contributed by atoms with Crippen LogP contribution in [0.5, 0.6) is 0 Å². The van der Waals surface area contributed by atoms with Gasteiger partial charge >= 0.3 is 0 Å². The van der Waals surface area contributed by atoms with Crippen LogP contribution in [0.3, 0.4) is 0 Å². The fraction of sp³-hybridized carbons (Fsp3) is 0.333. The van der Waals surface area contributed by atoms with Crippen molar-refractivity contribution in [2.24, 2.45) is 0 Å². The number of hydrogen-bond acceptors (Lipinski definition) is 2. The van der Waals surface area contributed by atoms with Crippen molar-refractivity contribution in [3.63, 3.8) is 0 Å². The van der Waals surface area contributed by atoms with Crippen molar-refractivity contribution in [3.05, 3.63) is 34.3 Å². The molecule has 0 bridgehead atoms. The molecule has 0 unspecified atom stereocenters. The first kappa shape index (κ1) is 11.9. The molecule has 80 valence electrons. The van der Waals surface area contributed by atoms with Gasteiger partial charge in [0.2, 0.25) is 0 Å². The summed E-state index contributed by atoms with van der Waals surface area (Å²) in [7, 11) is 0. The van der Waals surface area contributed by atoms with Crippen molar-refractivity contribution in [1.82, 2.24) is 0 Å². The lowest BCUT2D eigenvalue weighted by atomic mass is 10.00. The number of nitrogens with one attached hydrogen (secondary N) is 2. The Hall–Kier alpha value is -1.15. The highest BCUT2D eigenvalue weighted by molar-refractivity contribution is 6.30. The highest BCUT2D eigenvalue weighted by Gasteiger charge is 2.03. The van der Waals surface area contributed by atoms with Crippen molar-refractivity contribution in [2.75, 3.05) is 0 Å². The molecule has 3 heteroatoms. The molecule has 0 spiro atoms. The van der Waals surface area contributed by atoms with E-state index in [0.29, 0.717) is 12.1 Å². The van der Waals surface area contributed by atoms with Gasteiger partial charge < -0.3 is 10.8 Å². The van der Waals surface area contributed by atoms with Gasteiger partial charge in [0.15, 0.2) is 0 Å². The summed E-state index contributed by atoms with van der Waals surface area (Å²) in [5.41, 5.74) is 2.96. The molecule has 0 heterocycles. The normalized spacial score (nSPS) is 10.0. The van der Waals surface area contributed by atoms with E-state index in [1.165, 1.54) is 6.21 Å². The maximum absolute atomic E-state index is 7.39. The number of hydrogen-bond donors (Lipinski definition) is 2. The first-order chi connectivity index (χ1) is 7.13. The number of benzene rings is 1. The fourth-order valence-electron chi connectivity index (χ4n) is 1.46. The third-order valence-electron chi connectivity index (χ3n) is 2.26. The second-order valence-electron chi connectivity index (χ2n) is 3.60. The molecule has 0 fully saturated rings. The predicted molar refractivity (Wildman–Crippen MR) is 65.7 cm³/mol. The minimum Gasteiger partial charge on any atom is -0.313 e. The molecule has 2 nitrogen and oxygen atoms in total. The zero-order valence-electron chi connectivity index (χ0n) is 8.81. The van der Waals surface area contributed by atoms with E-state index in [9.17, 15) is 0 Å². The smallest absolute Gasteiger partial charge is 0.0408 e. The van der Waals surface area contributed by atoms with Crippen molar-refractivity contribution in [2.45, 2.75) is 26.2 Å². The topological polar surface area (TPSA) is 47.7 Å². The Balaban J connectivity index is 2.85. The van der Waals surface area contributed by atoms with E-state index >= 15 is 0 Å². The van der Waals surface area contributed by atoms with Crippen LogP contribution >= 0.6 is 11.6 Å². The van der Waals surface area contributed by atoms with Gasteiger partial charge in [0.1, 0.15) is 0 Å². The van der Waals surface area contributed by atoms with Gasteiger partial charge in [-0.3, -0.25) is 0 Å². The van der Waals surface area contributed by atoms with Crippen LogP contribution in [-0.4, -0.2) is 11.9 Å². The molecule has 0 saturated carbocycles. The van der Waals surface area contributed by atoms with Gasteiger partial charge in [-0.05, 0) is 49.2 Å². The third kappa shape index (κ3) is 3.84. The average Bonchev–Trinajstić information content (AvgIpc) is 2.18. The zero-order valence-corrected chi connectivity index (χ0v) is 9.56. The molecular formula is C12H15ClN2. The Morgan fingerprint density at radius 2 is 2.13 bits per heavy atom. The first-order valence-corrected chi connectivity index (χ1v) is 5.31. The van der Waals surface area contributed by atoms with Gasteiger partial charge in [-0.2, -0.15) is 0 Å².